The van der Waals surface area contributed by atoms with Gasteiger partial charge in [-0.25, -0.2) is 13.8 Å². The number of nitrogens with zero attached hydrogens (tertiary/aromatic N) is 1. The Hall–Kier alpha value is -0.830. The molecule has 24 heavy (non-hydrogen) atoms. The summed E-state index contributed by atoms with van der Waals surface area (Å²) in [4.78, 5) is 3.75. The van der Waals surface area contributed by atoms with Crippen molar-refractivity contribution in [2.24, 2.45) is 0 Å². The van der Waals surface area contributed by atoms with E-state index in [0.717, 1.165) is 6.07 Å². The molecule has 0 aromatic carbocycles. The van der Waals surface area contributed by atoms with Gasteiger partial charge in [-0.15, -0.1) is 4.72 Å². The van der Waals surface area contributed by atoms with E-state index in [9.17, 15) is 22.8 Å². The van der Waals surface area contributed by atoms with Crippen LogP contribution < -0.4 is 4.72 Å². The summed E-state index contributed by atoms with van der Waals surface area (Å²) in [5.41, 5.74) is -1.41. The van der Waals surface area contributed by atoms with Crippen molar-refractivity contribution in [3.8, 4) is 0 Å². The van der Waals surface area contributed by atoms with Gasteiger partial charge in [-0.3, -0.25) is 0 Å². The quantitative estimate of drug-likeness (QED) is 0.636. The molecule has 4 nitrogen and oxygen atoms in total. The minimum atomic E-state index is -2.82. The number of pyridine rings is 1. The number of halogens is 3. The van der Waals surface area contributed by atoms with Gasteiger partial charge in [0.1, 0.15) is 10.8 Å². The zero-order valence-corrected chi connectivity index (χ0v) is 14.8. The first kappa shape index (κ1) is 19.5. The van der Waals surface area contributed by atoms with E-state index in [1.54, 1.807) is 20.8 Å². The van der Waals surface area contributed by atoms with Gasteiger partial charge in [-0.1, -0.05) is 6.07 Å². The lowest BCUT2D eigenvalue weighted by Gasteiger charge is -2.42. The Bertz CT molecular complexity index is 571. The molecule has 1 aromatic heterocycles. The number of aliphatic hydroxyl groups is 1. The van der Waals surface area contributed by atoms with E-state index in [0.29, 0.717) is 0 Å². The zero-order valence-electron chi connectivity index (χ0n) is 14.0. The van der Waals surface area contributed by atoms with Crippen molar-refractivity contribution in [1.82, 2.24) is 9.71 Å². The first-order valence-corrected chi connectivity index (χ1v) is 8.99. The average Bonchev–Trinajstić information content (AvgIpc) is 2.47. The molecule has 1 aliphatic carbocycles. The maximum atomic E-state index is 13.5. The fourth-order valence-electron chi connectivity index (χ4n) is 2.65. The highest BCUT2D eigenvalue weighted by atomic mass is 32.2. The van der Waals surface area contributed by atoms with Crippen LogP contribution in [-0.4, -0.2) is 30.9 Å². The second-order valence-corrected chi connectivity index (χ2v) is 9.27. The van der Waals surface area contributed by atoms with Crippen LogP contribution in [0.15, 0.2) is 18.2 Å². The largest absolute Gasteiger partial charge is 0.598 e. The van der Waals surface area contributed by atoms with Crippen LogP contribution in [0.1, 0.15) is 58.2 Å². The third kappa shape index (κ3) is 4.62. The predicted octanol–water partition coefficient (Wildman–Crippen LogP) is 3.25. The normalized spacial score (nSPS) is 22.8. The molecule has 1 saturated carbocycles. The highest BCUT2D eigenvalue weighted by molar-refractivity contribution is 7.90. The van der Waals surface area contributed by atoms with Crippen molar-refractivity contribution < 1.29 is 22.8 Å². The fourth-order valence-corrected chi connectivity index (χ4v) is 3.56. The smallest absolute Gasteiger partial charge is 0.248 e. The van der Waals surface area contributed by atoms with Crippen LogP contribution in [0, 0.1) is 5.95 Å². The topological polar surface area (TPSA) is 68.2 Å². The van der Waals surface area contributed by atoms with Gasteiger partial charge in [0.15, 0.2) is 0 Å². The Morgan fingerprint density at radius 2 is 1.83 bits per heavy atom. The molecule has 1 fully saturated rings. The van der Waals surface area contributed by atoms with E-state index >= 15 is 0 Å². The van der Waals surface area contributed by atoms with E-state index in [1.807, 2.05) is 0 Å². The van der Waals surface area contributed by atoms with Crippen LogP contribution in [0.4, 0.5) is 13.2 Å². The molecule has 2 atom stereocenters. The van der Waals surface area contributed by atoms with E-state index in [4.69, 9.17) is 0 Å². The SMILES string of the molecule is CC(C)(C)[S+]([O-])NC(c1cccc(F)n1)C1(O)CCC(F)(F)CC1. The molecule has 8 heteroatoms. The van der Waals surface area contributed by atoms with Gasteiger partial charge in [0.05, 0.1) is 11.3 Å². The van der Waals surface area contributed by atoms with E-state index in [2.05, 4.69) is 9.71 Å². The highest BCUT2D eigenvalue weighted by Crippen LogP contribution is 2.44. The summed E-state index contributed by atoms with van der Waals surface area (Å²) in [5.74, 6) is -3.57. The van der Waals surface area contributed by atoms with Gasteiger partial charge in [-0.05, 0) is 45.7 Å². The maximum Gasteiger partial charge on any atom is 0.248 e. The standard InChI is InChI=1S/C16H23F3N2O2S/c1-14(2,3)24(23)21-13(11-5-4-6-12(17)20-11)15(22)7-9-16(18,19)10-8-15/h4-6,13,21-22H,7-10H2,1-3H3. The second kappa shape index (κ2) is 6.82. The monoisotopic (exact) mass is 364 g/mol. The highest BCUT2D eigenvalue weighted by Gasteiger charge is 2.49. The number of alkyl halides is 2. The Morgan fingerprint density at radius 3 is 2.33 bits per heavy atom. The zero-order chi connectivity index (χ0) is 18.2. The number of rotatable bonds is 4. The van der Waals surface area contributed by atoms with E-state index in [1.165, 1.54) is 12.1 Å². The Kier molecular flexibility index (Phi) is 5.54. The van der Waals surface area contributed by atoms with Gasteiger partial charge in [0.2, 0.25) is 11.9 Å². The fraction of sp³-hybridized carbons (Fsp3) is 0.688. The third-order valence-corrected chi connectivity index (χ3v) is 5.76. The number of hydrogen-bond acceptors (Lipinski definition) is 4. The van der Waals surface area contributed by atoms with Crippen LogP contribution in [-0.2, 0) is 11.4 Å². The van der Waals surface area contributed by atoms with Crippen molar-refractivity contribution in [3.63, 3.8) is 0 Å². The lowest BCUT2D eigenvalue weighted by molar-refractivity contribution is -0.115. The molecule has 2 rings (SSSR count). The minimum Gasteiger partial charge on any atom is -0.598 e. The Morgan fingerprint density at radius 1 is 1.25 bits per heavy atom. The number of nitrogens with one attached hydrogen (secondary N) is 1. The first-order valence-electron chi connectivity index (χ1n) is 7.84. The van der Waals surface area contributed by atoms with Crippen molar-refractivity contribution in [2.75, 3.05) is 0 Å². The van der Waals surface area contributed by atoms with Gasteiger partial charge in [0, 0.05) is 24.2 Å². The molecular weight excluding hydrogens is 341 g/mol. The molecule has 0 aliphatic heterocycles. The van der Waals surface area contributed by atoms with Crippen LogP contribution in [0.25, 0.3) is 0 Å². The molecule has 0 bridgehead atoms. The van der Waals surface area contributed by atoms with Gasteiger partial charge in [0.25, 0.3) is 0 Å². The molecule has 2 unspecified atom stereocenters. The lowest BCUT2D eigenvalue weighted by atomic mass is 9.77. The summed E-state index contributed by atoms with van der Waals surface area (Å²) in [6.45, 7) is 5.22. The van der Waals surface area contributed by atoms with E-state index in [-0.39, 0.29) is 18.5 Å². The number of aromatic nitrogens is 1. The maximum absolute atomic E-state index is 13.5. The Balaban J connectivity index is 2.32. The lowest BCUT2D eigenvalue weighted by Crippen LogP contribution is -2.53. The molecule has 136 valence electrons. The minimum absolute atomic E-state index is 0.153. The summed E-state index contributed by atoms with van der Waals surface area (Å²) >= 11 is -1.58. The van der Waals surface area contributed by atoms with Crippen molar-refractivity contribution in [1.29, 1.82) is 0 Å². The summed E-state index contributed by atoms with van der Waals surface area (Å²) in [6.07, 6.45) is -1.31. The summed E-state index contributed by atoms with van der Waals surface area (Å²) < 4.78 is 55.0. The van der Waals surface area contributed by atoms with Gasteiger partial charge >= 0.3 is 0 Å². The molecule has 0 saturated heterocycles. The third-order valence-electron chi connectivity index (χ3n) is 4.20. The molecule has 1 aliphatic rings. The summed E-state index contributed by atoms with van der Waals surface area (Å²) in [5, 5.41) is 10.9. The van der Waals surface area contributed by atoms with Gasteiger partial charge in [-0.2, -0.15) is 4.39 Å². The number of hydrogen-bond donors (Lipinski definition) is 2. The van der Waals surface area contributed by atoms with Crippen molar-refractivity contribution >= 4 is 11.4 Å². The summed E-state index contributed by atoms with van der Waals surface area (Å²) in [7, 11) is 0. The molecule has 2 N–H and O–H groups in total. The molecule has 0 amide bonds. The first-order chi connectivity index (χ1) is 10.9. The molecular formula is C16H23F3N2O2S. The van der Waals surface area contributed by atoms with Crippen LogP contribution in [0.5, 0.6) is 0 Å². The van der Waals surface area contributed by atoms with Crippen LogP contribution in [0.2, 0.25) is 0 Å². The molecule has 1 aromatic rings. The van der Waals surface area contributed by atoms with Crippen LogP contribution >= 0.6 is 0 Å². The van der Waals surface area contributed by atoms with Gasteiger partial charge < -0.3 is 9.66 Å². The Labute approximate surface area is 143 Å². The van der Waals surface area contributed by atoms with E-state index < -0.39 is 52.5 Å². The second-order valence-electron chi connectivity index (χ2n) is 7.28. The molecule has 0 spiro atoms. The van der Waals surface area contributed by atoms with Crippen molar-refractivity contribution in [2.45, 2.75) is 68.8 Å². The molecule has 0 radical (unpaired) electrons. The molecule has 1 heterocycles. The van der Waals surface area contributed by atoms with Crippen molar-refractivity contribution in [3.05, 3.63) is 29.8 Å². The predicted molar refractivity (Wildman–Crippen MR) is 86.3 cm³/mol. The average molecular weight is 364 g/mol. The summed E-state index contributed by atoms with van der Waals surface area (Å²) in [6, 6.07) is 3.07. The van der Waals surface area contributed by atoms with Crippen LogP contribution in [0.3, 0.4) is 0 Å².